The Morgan fingerprint density at radius 2 is 2.10 bits per heavy atom. The van der Waals surface area contributed by atoms with Crippen molar-refractivity contribution in [2.75, 3.05) is 46.2 Å². The molecule has 0 saturated carbocycles. The minimum atomic E-state index is 0.0407. The van der Waals surface area contributed by atoms with Gasteiger partial charge >= 0.3 is 0 Å². The zero-order valence-corrected chi connectivity index (χ0v) is 13.0. The molecule has 112 valence electrons. The van der Waals surface area contributed by atoms with Gasteiger partial charge in [0.15, 0.2) is 0 Å². The lowest BCUT2D eigenvalue weighted by Gasteiger charge is -2.11. The third-order valence-electron chi connectivity index (χ3n) is 2.71. The lowest BCUT2D eigenvalue weighted by molar-refractivity contribution is -0.120. The molecule has 20 heavy (non-hydrogen) atoms. The number of anilines is 1. The molecule has 0 atom stereocenters. The molecule has 2 N–H and O–H groups in total. The predicted octanol–water partition coefficient (Wildman–Crippen LogP) is 1.83. The zero-order valence-electron chi connectivity index (χ0n) is 12.2. The van der Waals surface area contributed by atoms with Gasteiger partial charge in [0, 0.05) is 31.7 Å². The quantitative estimate of drug-likeness (QED) is 0.769. The van der Waals surface area contributed by atoms with Gasteiger partial charge in [0.1, 0.15) is 5.75 Å². The fourth-order valence-electron chi connectivity index (χ4n) is 1.60. The van der Waals surface area contributed by atoms with Gasteiger partial charge in [-0.3, -0.25) is 4.79 Å². The molecule has 0 spiro atoms. The average Bonchev–Trinajstić information content (AvgIpc) is 2.38. The van der Waals surface area contributed by atoms with E-state index in [4.69, 9.17) is 16.3 Å². The van der Waals surface area contributed by atoms with Crippen LogP contribution in [0.25, 0.3) is 0 Å². The van der Waals surface area contributed by atoms with Crippen LogP contribution in [0, 0.1) is 0 Å². The Kier molecular flexibility index (Phi) is 7.18. The molecule has 1 amide bonds. The maximum Gasteiger partial charge on any atom is 0.221 e. The van der Waals surface area contributed by atoms with E-state index < -0.39 is 0 Å². The summed E-state index contributed by atoms with van der Waals surface area (Å²) in [6, 6.07) is 5.45. The summed E-state index contributed by atoms with van der Waals surface area (Å²) in [6.07, 6.45) is 0.428. The minimum absolute atomic E-state index is 0.0407. The molecule has 0 aliphatic carbocycles. The largest absolute Gasteiger partial charge is 0.495 e. The number of methoxy groups -OCH3 is 1. The first kappa shape index (κ1) is 16.6. The van der Waals surface area contributed by atoms with Gasteiger partial charge in [-0.2, -0.15) is 0 Å². The highest BCUT2D eigenvalue weighted by Crippen LogP contribution is 2.26. The number of rotatable bonds is 8. The molecule has 1 aromatic rings. The number of nitrogens with zero attached hydrogens (tertiary/aromatic N) is 1. The number of carbonyl (C=O) groups excluding carboxylic acids is 1. The smallest absolute Gasteiger partial charge is 0.221 e. The SMILES string of the molecule is COc1ccc(NCCC(=O)NCCN(C)C)cc1Cl. The molecule has 1 aromatic carbocycles. The van der Waals surface area contributed by atoms with Crippen LogP contribution in [0.15, 0.2) is 18.2 Å². The molecule has 0 unspecified atom stereocenters. The Morgan fingerprint density at radius 1 is 1.35 bits per heavy atom. The lowest BCUT2D eigenvalue weighted by atomic mass is 10.3. The Balaban J connectivity index is 2.26. The molecule has 0 aliphatic heterocycles. The van der Waals surface area contributed by atoms with E-state index in [9.17, 15) is 4.79 Å². The van der Waals surface area contributed by atoms with Gasteiger partial charge in [-0.05, 0) is 32.3 Å². The van der Waals surface area contributed by atoms with Crippen LogP contribution in [0.2, 0.25) is 5.02 Å². The van der Waals surface area contributed by atoms with Crippen LogP contribution in [-0.2, 0) is 4.79 Å². The number of likely N-dealkylation sites (N-methyl/N-ethyl adjacent to an activating group) is 1. The fraction of sp³-hybridized carbons (Fsp3) is 0.500. The molecule has 0 aromatic heterocycles. The monoisotopic (exact) mass is 299 g/mol. The second-order valence-corrected chi connectivity index (χ2v) is 5.09. The summed E-state index contributed by atoms with van der Waals surface area (Å²) >= 11 is 6.02. The Bertz CT molecular complexity index is 438. The van der Waals surface area contributed by atoms with Crippen molar-refractivity contribution in [1.82, 2.24) is 10.2 Å². The van der Waals surface area contributed by atoms with E-state index in [0.29, 0.717) is 30.3 Å². The van der Waals surface area contributed by atoms with Gasteiger partial charge in [0.2, 0.25) is 5.91 Å². The van der Waals surface area contributed by atoms with E-state index in [1.807, 2.05) is 25.1 Å². The van der Waals surface area contributed by atoms with E-state index in [2.05, 4.69) is 10.6 Å². The molecule has 0 heterocycles. The Labute approximate surface area is 125 Å². The summed E-state index contributed by atoms with van der Waals surface area (Å²) in [6.45, 7) is 2.07. The van der Waals surface area contributed by atoms with Crippen molar-refractivity contribution >= 4 is 23.2 Å². The summed E-state index contributed by atoms with van der Waals surface area (Å²) in [5, 5.41) is 6.57. The van der Waals surface area contributed by atoms with Crippen LogP contribution in [0.4, 0.5) is 5.69 Å². The third kappa shape index (κ3) is 6.12. The van der Waals surface area contributed by atoms with Crippen molar-refractivity contribution in [3.05, 3.63) is 23.2 Å². The molecule has 0 aliphatic rings. The van der Waals surface area contributed by atoms with Crippen molar-refractivity contribution in [2.24, 2.45) is 0 Å². The van der Waals surface area contributed by atoms with Crippen molar-refractivity contribution in [2.45, 2.75) is 6.42 Å². The molecule has 6 heteroatoms. The van der Waals surface area contributed by atoms with E-state index in [-0.39, 0.29) is 5.91 Å². The Hall–Kier alpha value is -1.46. The maximum absolute atomic E-state index is 11.6. The standard InChI is InChI=1S/C14H22ClN3O2/c1-18(2)9-8-17-14(19)6-7-16-11-4-5-13(20-3)12(15)10-11/h4-5,10,16H,6-9H2,1-3H3,(H,17,19). The van der Waals surface area contributed by atoms with Crippen molar-refractivity contribution < 1.29 is 9.53 Å². The predicted molar refractivity (Wildman–Crippen MR) is 82.7 cm³/mol. The topological polar surface area (TPSA) is 53.6 Å². The van der Waals surface area contributed by atoms with E-state index in [1.165, 1.54) is 0 Å². The van der Waals surface area contributed by atoms with Gasteiger partial charge in [-0.15, -0.1) is 0 Å². The molecule has 5 nitrogen and oxygen atoms in total. The number of benzene rings is 1. The number of hydrogen-bond acceptors (Lipinski definition) is 4. The number of halogens is 1. The van der Waals surface area contributed by atoms with Crippen molar-refractivity contribution in [3.63, 3.8) is 0 Å². The second-order valence-electron chi connectivity index (χ2n) is 4.68. The van der Waals surface area contributed by atoms with Crippen LogP contribution in [-0.4, -0.2) is 51.6 Å². The number of hydrogen-bond donors (Lipinski definition) is 2. The van der Waals surface area contributed by atoms with Gasteiger partial charge in [-0.25, -0.2) is 0 Å². The first-order valence-corrected chi connectivity index (χ1v) is 6.89. The van der Waals surface area contributed by atoms with E-state index in [1.54, 1.807) is 19.2 Å². The molecule has 1 rings (SSSR count). The van der Waals surface area contributed by atoms with Crippen molar-refractivity contribution in [1.29, 1.82) is 0 Å². The Morgan fingerprint density at radius 3 is 2.70 bits per heavy atom. The highest BCUT2D eigenvalue weighted by atomic mass is 35.5. The van der Waals surface area contributed by atoms with E-state index in [0.717, 1.165) is 12.2 Å². The molecule has 0 bridgehead atoms. The fourth-order valence-corrected chi connectivity index (χ4v) is 1.86. The molecular weight excluding hydrogens is 278 g/mol. The lowest BCUT2D eigenvalue weighted by Crippen LogP contribution is -2.32. The van der Waals surface area contributed by atoms with Gasteiger partial charge in [-0.1, -0.05) is 11.6 Å². The summed E-state index contributed by atoms with van der Waals surface area (Å²) in [5.41, 5.74) is 0.872. The number of carbonyl (C=O) groups is 1. The zero-order chi connectivity index (χ0) is 15.0. The van der Waals surface area contributed by atoms with Crippen LogP contribution in [0.5, 0.6) is 5.75 Å². The summed E-state index contributed by atoms with van der Waals surface area (Å²) in [4.78, 5) is 13.6. The highest BCUT2D eigenvalue weighted by Gasteiger charge is 2.03. The number of amides is 1. The van der Waals surface area contributed by atoms with Crippen LogP contribution in [0.3, 0.4) is 0 Å². The first-order valence-electron chi connectivity index (χ1n) is 6.51. The molecule has 0 saturated heterocycles. The second kappa shape index (κ2) is 8.66. The van der Waals surface area contributed by atoms with Gasteiger partial charge in [0.05, 0.1) is 12.1 Å². The highest BCUT2D eigenvalue weighted by molar-refractivity contribution is 6.32. The number of nitrogens with one attached hydrogen (secondary N) is 2. The molecule has 0 fully saturated rings. The first-order chi connectivity index (χ1) is 9.52. The van der Waals surface area contributed by atoms with Crippen LogP contribution < -0.4 is 15.4 Å². The van der Waals surface area contributed by atoms with Crippen LogP contribution in [0.1, 0.15) is 6.42 Å². The summed E-state index contributed by atoms with van der Waals surface area (Å²) in [7, 11) is 5.52. The molecular formula is C14H22ClN3O2. The van der Waals surface area contributed by atoms with Crippen molar-refractivity contribution in [3.8, 4) is 5.75 Å². The summed E-state index contributed by atoms with van der Waals surface area (Å²) < 4.78 is 5.08. The van der Waals surface area contributed by atoms with Gasteiger partial charge in [0.25, 0.3) is 0 Å². The van der Waals surface area contributed by atoms with Gasteiger partial charge < -0.3 is 20.3 Å². The molecule has 0 radical (unpaired) electrons. The minimum Gasteiger partial charge on any atom is -0.495 e. The number of ether oxygens (including phenoxy) is 1. The third-order valence-corrected chi connectivity index (χ3v) is 3.01. The van der Waals surface area contributed by atoms with Crippen LogP contribution >= 0.6 is 11.6 Å². The average molecular weight is 300 g/mol. The normalized spacial score (nSPS) is 10.4. The van der Waals surface area contributed by atoms with E-state index >= 15 is 0 Å². The maximum atomic E-state index is 11.6. The summed E-state index contributed by atoms with van der Waals surface area (Å²) in [5.74, 6) is 0.678.